The Labute approximate surface area is 187 Å². The molecule has 7 heteroatoms. The van der Waals surface area contributed by atoms with Gasteiger partial charge in [0.15, 0.2) is 5.11 Å². The summed E-state index contributed by atoms with van der Waals surface area (Å²) in [7, 11) is 0. The van der Waals surface area contributed by atoms with Crippen LogP contribution >= 0.6 is 23.8 Å². The van der Waals surface area contributed by atoms with Crippen LogP contribution in [0, 0.1) is 5.92 Å². The number of benzene rings is 1. The van der Waals surface area contributed by atoms with Crippen LogP contribution in [0.4, 0.5) is 11.5 Å². The number of aromatic nitrogens is 1. The predicted molar refractivity (Wildman–Crippen MR) is 127 cm³/mol. The topological polar surface area (TPSA) is 53.3 Å². The maximum absolute atomic E-state index is 5.94. The summed E-state index contributed by atoms with van der Waals surface area (Å²) >= 11 is 11.3. The Hall–Kier alpha value is -2.57. The predicted octanol–water partition coefficient (Wildman–Crippen LogP) is 5.72. The van der Waals surface area contributed by atoms with Crippen LogP contribution in [0.3, 0.4) is 0 Å². The first kappa shape index (κ1) is 20.7. The van der Waals surface area contributed by atoms with Crippen molar-refractivity contribution < 1.29 is 4.42 Å². The number of anilines is 2. The number of nitrogens with zero attached hydrogens (tertiary/aromatic N) is 2. The zero-order chi connectivity index (χ0) is 20.9. The van der Waals surface area contributed by atoms with Crippen molar-refractivity contribution in [3.8, 4) is 11.3 Å². The molecule has 3 aromatic rings. The first-order chi connectivity index (χ1) is 14.6. The summed E-state index contributed by atoms with van der Waals surface area (Å²) in [5.41, 5.74) is 1.85. The number of thiocarbonyl (C=S) groups is 1. The number of hydrogen-bond donors (Lipinski definition) is 2. The van der Waals surface area contributed by atoms with Crippen molar-refractivity contribution in [3.05, 3.63) is 65.5 Å². The van der Waals surface area contributed by atoms with Crippen LogP contribution in [0.25, 0.3) is 11.3 Å². The zero-order valence-electron chi connectivity index (χ0n) is 16.9. The molecule has 3 heterocycles. The smallest absolute Gasteiger partial charge is 0.171 e. The number of rotatable bonds is 5. The lowest BCUT2D eigenvalue weighted by Crippen LogP contribution is -2.33. The summed E-state index contributed by atoms with van der Waals surface area (Å²) in [6.45, 7) is 4.95. The second kappa shape index (κ2) is 9.49. The third-order valence-corrected chi connectivity index (χ3v) is 5.83. The van der Waals surface area contributed by atoms with Gasteiger partial charge in [0.1, 0.15) is 17.3 Å². The number of hydrogen-bond acceptors (Lipinski definition) is 4. The second-order valence-corrected chi connectivity index (χ2v) is 8.50. The Morgan fingerprint density at radius 3 is 2.60 bits per heavy atom. The van der Waals surface area contributed by atoms with Crippen molar-refractivity contribution in [2.24, 2.45) is 5.92 Å². The molecule has 0 radical (unpaired) electrons. The molecule has 0 amide bonds. The number of piperidine rings is 1. The Balaban J connectivity index is 1.27. The van der Waals surface area contributed by atoms with E-state index < -0.39 is 0 Å². The van der Waals surface area contributed by atoms with E-state index in [1.807, 2.05) is 54.7 Å². The first-order valence-electron chi connectivity index (χ1n) is 10.2. The van der Waals surface area contributed by atoms with E-state index in [0.29, 0.717) is 16.7 Å². The average molecular weight is 441 g/mol. The van der Waals surface area contributed by atoms with Crippen LogP contribution in [0.15, 0.2) is 59.1 Å². The Morgan fingerprint density at radius 1 is 1.13 bits per heavy atom. The summed E-state index contributed by atoms with van der Waals surface area (Å²) in [6, 6.07) is 15.5. The van der Waals surface area contributed by atoms with Gasteiger partial charge in [-0.15, -0.1) is 0 Å². The molecule has 1 fully saturated rings. The lowest BCUT2D eigenvalue weighted by atomic mass is 9.99. The van der Waals surface area contributed by atoms with Crippen LogP contribution in [0.5, 0.6) is 0 Å². The van der Waals surface area contributed by atoms with Gasteiger partial charge in [-0.1, -0.05) is 18.5 Å². The average Bonchev–Trinajstić information content (AvgIpc) is 3.23. The lowest BCUT2D eigenvalue weighted by molar-refractivity contribution is 0.436. The number of nitrogens with one attached hydrogen (secondary N) is 2. The fourth-order valence-corrected chi connectivity index (χ4v) is 3.79. The van der Waals surface area contributed by atoms with Crippen molar-refractivity contribution in [1.29, 1.82) is 0 Å². The van der Waals surface area contributed by atoms with E-state index >= 15 is 0 Å². The van der Waals surface area contributed by atoms with Gasteiger partial charge in [-0.05, 0) is 79.5 Å². The minimum Gasteiger partial charge on any atom is -0.459 e. The van der Waals surface area contributed by atoms with Gasteiger partial charge < -0.3 is 20.0 Å². The van der Waals surface area contributed by atoms with E-state index in [9.17, 15) is 0 Å². The molecule has 4 rings (SSSR count). The lowest BCUT2D eigenvalue weighted by Gasteiger charge is -2.31. The van der Waals surface area contributed by atoms with Crippen LogP contribution in [0.1, 0.15) is 25.5 Å². The molecule has 0 spiro atoms. The summed E-state index contributed by atoms with van der Waals surface area (Å²) in [5.74, 6) is 3.44. The highest BCUT2D eigenvalue weighted by Crippen LogP contribution is 2.24. The number of furan rings is 1. The molecule has 0 saturated carbocycles. The monoisotopic (exact) mass is 440 g/mol. The van der Waals surface area contributed by atoms with Crippen LogP contribution in [-0.4, -0.2) is 23.2 Å². The van der Waals surface area contributed by atoms with Crippen LogP contribution in [0.2, 0.25) is 5.02 Å². The Morgan fingerprint density at radius 2 is 1.90 bits per heavy atom. The summed E-state index contributed by atoms with van der Waals surface area (Å²) in [5, 5.41) is 7.58. The molecule has 1 aliphatic rings. The van der Waals surface area contributed by atoms with Crippen LogP contribution in [-0.2, 0) is 6.54 Å². The van der Waals surface area contributed by atoms with E-state index in [4.69, 9.17) is 28.2 Å². The minimum absolute atomic E-state index is 0.497. The largest absolute Gasteiger partial charge is 0.459 e. The highest BCUT2D eigenvalue weighted by Gasteiger charge is 2.16. The number of halogens is 1. The molecule has 156 valence electrons. The highest BCUT2D eigenvalue weighted by atomic mass is 35.5. The molecule has 1 aliphatic heterocycles. The molecular formula is C23H25ClN4OS. The van der Waals surface area contributed by atoms with E-state index in [0.717, 1.165) is 47.6 Å². The molecule has 1 aromatic carbocycles. The molecule has 2 aromatic heterocycles. The third-order valence-electron chi connectivity index (χ3n) is 5.33. The van der Waals surface area contributed by atoms with Crippen molar-refractivity contribution in [2.75, 3.05) is 23.3 Å². The molecule has 30 heavy (non-hydrogen) atoms. The van der Waals surface area contributed by atoms with E-state index in [-0.39, 0.29) is 0 Å². The van der Waals surface area contributed by atoms with Crippen molar-refractivity contribution >= 4 is 40.4 Å². The Kier molecular flexibility index (Phi) is 6.55. The van der Waals surface area contributed by atoms with Gasteiger partial charge in [0.05, 0.1) is 18.4 Å². The van der Waals surface area contributed by atoms with E-state index in [1.54, 1.807) is 0 Å². The molecule has 0 unspecified atom stereocenters. The summed E-state index contributed by atoms with van der Waals surface area (Å²) < 4.78 is 5.89. The number of pyridine rings is 1. The van der Waals surface area contributed by atoms with Crippen molar-refractivity contribution in [3.63, 3.8) is 0 Å². The maximum Gasteiger partial charge on any atom is 0.171 e. The second-order valence-electron chi connectivity index (χ2n) is 7.66. The standard InChI is InChI=1S/C23H25ClN4OS/c1-16-10-12-28(13-11-16)22-9-6-19(14-25-22)27-23(30)26-15-20-7-8-21(29-20)17-2-4-18(24)5-3-17/h2-9,14,16H,10-13,15H2,1H3,(H2,26,27,30). The van der Waals surface area contributed by atoms with Gasteiger partial charge in [-0.2, -0.15) is 0 Å². The molecule has 2 N–H and O–H groups in total. The minimum atomic E-state index is 0.497. The van der Waals surface area contributed by atoms with Gasteiger partial charge in [0.25, 0.3) is 0 Å². The highest BCUT2D eigenvalue weighted by molar-refractivity contribution is 7.80. The quantitative estimate of drug-likeness (QED) is 0.495. The maximum atomic E-state index is 5.94. The first-order valence-corrected chi connectivity index (χ1v) is 11.0. The van der Waals surface area contributed by atoms with Gasteiger partial charge in [0, 0.05) is 23.7 Å². The van der Waals surface area contributed by atoms with Gasteiger partial charge in [-0.25, -0.2) is 4.98 Å². The molecule has 0 atom stereocenters. The van der Waals surface area contributed by atoms with E-state index in [2.05, 4.69) is 27.4 Å². The zero-order valence-corrected chi connectivity index (χ0v) is 18.5. The molecule has 1 saturated heterocycles. The Bertz CT molecular complexity index is 979. The van der Waals surface area contributed by atoms with Gasteiger partial charge >= 0.3 is 0 Å². The van der Waals surface area contributed by atoms with Gasteiger partial charge in [-0.3, -0.25) is 0 Å². The summed E-state index contributed by atoms with van der Waals surface area (Å²) in [6.07, 6.45) is 4.28. The summed E-state index contributed by atoms with van der Waals surface area (Å²) in [4.78, 5) is 6.93. The molecule has 0 bridgehead atoms. The van der Waals surface area contributed by atoms with Crippen molar-refractivity contribution in [1.82, 2.24) is 10.3 Å². The molecule has 5 nitrogen and oxygen atoms in total. The third kappa shape index (κ3) is 5.32. The van der Waals surface area contributed by atoms with Crippen molar-refractivity contribution in [2.45, 2.75) is 26.3 Å². The molecule has 0 aliphatic carbocycles. The SMILES string of the molecule is CC1CCN(c2ccc(NC(=S)NCc3ccc(-c4ccc(Cl)cc4)o3)cn2)CC1. The van der Waals surface area contributed by atoms with E-state index in [1.165, 1.54) is 12.8 Å². The van der Waals surface area contributed by atoms with Gasteiger partial charge in [0.2, 0.25) is 0 Å². The molecular weight excluding hydrogens is 416 g/mol. The van der Waals surface area contributed by atoms with Crippen LogP contribution < -0.4 is 15.5 Å². The normalized spacial score (nSPS) is 14.5. The fourth-order valence-electron chi connectivity index (χ4n) is 3.47. The fraction of sp³-hybridized carbons (Fsp3) is 0.304.